The molecule has 1 aliphatic rings. The SMILES string of the molecule is Cn1c(C(=O)N2CCN(c3nc(Cc4ccccc4[N+](=O)[O-])ns3)CC2)cc2cc(F)ccc21. The maximum Gasteiger partial charge on any atom is 0.273 e. The summed E-state index contributed by atoms with van der Waals surface area (Å²) >= 11 is 1.25. The Morgan fingerprint density at radius 2 is 1.91 bits per heavy atom. The van der Waals surface area contributed by atoms with Crippen LogP contribution in [0.3, 0.4) is 0 Å². The number of nitro benzene ring substituents is 1. The molecule has 1 amide bonds. The highest BCUT2D eigenvalue weighted by molar-refractivity contribution is 7.09. The molecule has 0 aliphatic carbocycles. The number of rotatable bonds is 5. The number of benzene rings is 2. The molecule has 1 aliphatic heterocycles. The van der Waals surface area contributed by atoms with Crippen LogP contribution in [0.2, 0.25) is 0 Å². The van der Waals surface area contributed by atoms with E-state index in [1.165, 1.54) is 29.7 Å². The zero-order valence-corrected chi connectivity index (χ0v) is 19.2. The van der Waals surface area contributed by atoms with Crippen molar-refractivity contribution in [2.75, 3.05) is 31.1 Å². The van der Waals surface area contributed by atoms with Gasteiger partial charge in [-0.05, 0) is 24.3 Å². The third kappa shape index (κ3) is 4.10. The number of hydrogen-bond donors (Lipinski definition) is 0. The van der Waals surface area contributed by atoms with Crippen LogP contribution in [-0.4, -0.2) is 55.8 Å². The molecule has 11 heteroatoms. The van der Waals surface area contributed by atoms with Gasteiger partial charge in [0.15, 0.2) is 0 Å². The van der Waals surface area contributed by atoms with E-state index >= 15 is 0 Å². The number of nitro groups is 1. The van der Waals surface area contributed by atoms with Crippen LogP contribution in [0.25, 0.3) is 10.9 Å². The summed E-state index contributed by atoms with van der Waals surface area (Å²) in [6.45, 7) is 2.25. The molecule has 0 radical (unpaired) electrons. The topological polar surface area (TPSA) is 97.4 Å². The van der Waals surface area contributed by atoms with E-state index in [1.807, 2.05) is 7.05 Å². The van der Waals surface area contributed by atoms with Crippen LogP contribution in [0.1, 0.15) is 21.9 Å². The lowest BCUT2D eigenvalue weighted by atomic mass is 10.1. The number of halogens is 1. The van der Waals surface area contributed by atoms with Crippen molar-refractivity contribution < 1.29 is 14.1 Å². The molecule has 4 aromatic rings. The van der Waals surface area contributed by atoms with Crippen LogP contribution >= 0.6 is 11.5 Å². The fourth-order valence-electron chi connectivity index (χ4n) is 4.24. The van der Waals surface area contributed by atoms with Crippen molar-refractivity contribution in [1.29, 1.82) is 0 Å². The summed E-state index contributed by atoms with van der Waals surface area (Å²) in [5, 5.41) is 12.7. The molecule has 2 aromatic heterocycles. The fraction of sp³-hybridized carbons (Fsp3) is 0.261. The molecular weight excluding hydrogens is 459 g/mol. The molecule has 0 N–H and O–H groups in total. The third-order valence-electron chi connectivity index (χ3n) is 6.06. The van der Waals surface area contributed by atoms with Crippen LogP contribution in [0, 0.1) is 15.9 Å². The summed E-state index contributed by atoms with van der Waals surface area (Å²) in [6.07, 6.45) is 0.285. The van der Waals surface area contributed by atoms with E-state index in [9.17, 15) is 19.3 Å². The van der Waals surface area contributed by atoms with Crippen LogP contribution in [0.15, 0.2) is 48.5 Å². The molecule has 1 saturated heterocycles. The van der Waals surface area contributed by atoms with Gasteiger partial charge >= 0.3 is 0 Å². The van der Waals surface area contributed by atoms with E-state index in [4.69, 9.17) is 0 Å². The molecule has 9 nitrogen and oxygen atoms in total. The molecule has 0 spiro atoms. The van der Waals surface area contributed by atoms with E-state index in [2.05, 4.69) is 14.3 Å². The van der Waals surface area contributed by atoms with Gasteiger partial charge in [0.25, 0.3) is 11.6 Å². The Kier molecular flexibility index (Phi) is 5.70. The first-order valence-corrected chi connectivity index (χ1v) is 11.5. The molecule has 0 atom stereocenters. The number of piperazine rings is 1. The highest BCUT2D eigenvalue weighted by Crippen LogP contribution is 2.25. The van der Waals surface area contributed by atoms with Crippen molar-refractivity contribution in [1.82, 2.24) is 18.8 Å². The van der Waals surface area contributed by atoms with Gasteiger partial charge < -0.3 is 14.4 Å². The van der Waals surface area contributed by atoms with E-state index in [-0.39, 0.29) is 23.8 Å². The lowest BCUT2D eigenvalue weighted by molar-refractivity contribution is -0.385. The highest BCUT2D eigenvalue weighted by Gasteiger charge is 2.26. The Morgan fingerprint density at radius 3 is 2.68 bits per heavy atom. The van der Waals surface area contributed by atoms with Crippen molar-refractivity contribution in [2.45, 2.75) is 6.42 Å². The first-order valence-electron chi connectivity index (χ1n) is 10.7. The molecule has 0 saturated carbocycles. The number of carbonyl (C=O) groups is 1. The van der Waals surface area contributed by atoms with Gasteiger partial charge in [0, 0.05) is 73.7 Å². The van der Waals surface area contributed by atoms with Crippen molar-refractivity contribution in [3.8, 4) is 0 Å². The highest BCUT2D eigenvalue weighted by atomic mass is 32.1. The summed E-state index contributed by atoms with van der Waals surface area (Å²) in [4.78, 5) is 32.4. The van der Waals surface area contributed by atoms with Crippen molar-refractivity contribution >= 4 is 39.2 Å². The Balaban J connectivity index is 1.25. The minimum absolute atomic E-state index is 0.0575. The Labute approximate surface area is 198 Å². The summed E-state index contributed by atoms with van der Waals surface area (Å²) in [7, 11) is 1.81. The number of aryl methyl sites for hydroxylation is 1. The summed E-state index contributed by atoms with van der Waals surface area (Å²) in [5.74, 6) is 0.118. The monoisotopic (exact) mass is 480 g/mol. The Bertz CT molecular complexity index is 1390. The molecule has 3 heterocycles. The van der Waals surface area contributed by atoms with Gasteiger partial charge in [0.05, 0.1) is 4.92 Å². The molecule has 34 heavy (non-hydrogen) atoms. The summed E-state index contributed by atoms with van der Waals surface area (Å²) in [6, 6.07) is 12.8. The average molecular weight is 481 g/mol. The number of amides is 1. The van der Waals surface area contributed by atoms with E-state index in [1.54, 1.807) is 39.8 Å². The van der Waals surface area contributed by atoms with Crippen LogP contribution in [-0.2, 0) is 13.5 Å². The van der Waals surface area contributed by atoms with Gasteiger partial charge in [0.1, 0.15) is 17.3 Å². The summed E-state index contributed by atoms with van der Waals surface area (Å²) in [5.41, 5.74) is 1.96. The first kappa shape index (κ1) is 22.0. The zero-order valence-electron chi connectivity index (χ0n) is 18.3. The second-order valence-electron chi connectivity index (χ2n) is 8.13. The fourth-order valence-corrected chi connectivity index (χ4v) is 4.98. The predicted molar refractivity (Wildman–Crippen MR) is 127 cm³/mol. The minimum atomic E-state index is -0.398. The molecular formula is C23H21FN6O3S. The van der Waals surface area contributed by atoms with E-state index < -0.39 is 4.92 Å². The minimum Gasteiger partial charge on any atom is -0.343 e. The smallest absolute Gasteiger partial charge is 0.273 e. The van der Waals surface area contributed by atoms with Crippen LogP contribution < -0.4 is 4.90 Å². The number of fused-ring (bicyclic) bond motifs is 1. The summed E-state index contributed by atoms with van der Waals surface area (Å²) < 4.78 is 19.7. The van der Waals surface area contributed by atoms with Crippen molar-refractivity contribution in [3.05, 3.63) is 81.5 Å². The zero-order chi connectivity index (χ0) is 23.8. The largest absolute Gasteiger partial charge is 0.343 e. The number of hydrogen-bond acceptors (Lipinski definition) is 7. The quantitative estimate of drug-likeness (QED) is 0.320. The lowest BCUT2D eigenvalue weighted by Gasteiger charge is -2.34. The molecule has 0 bridgehead atoms. The van der Waals surface area contributed by atoms with Gasteiger partial charge in [0.2, 0.25) is 5.13 Å². The number of aromatic nitrogens is 3. The number of anilines is 1. The second kappa shape index (κ2) is 8.82. The van der Waals surface area contributed by atoms with Gasteiger partial charge in [-0.15, -0.1) is 0 Å². The Hall–Kier alpha value is -3.86. The van der Waals surface area contributed by atoms with Crippen LogP contribution in [0.4, 0.5) is 15.2 Å². The van der Waals surface area contributed by atoms with Gasteiger partial charge in [-0.3, -0.25) is 14.9 Å². The average Bonchev–Trinajstić information content (AvgIpc) is 3.43. The molecule has 174 valence electrons. The number of para-hydroxylation sites is 1. The standard InChI is InChI=1S/C23H21FN6O3S/c1-27-18-7-6-17(24)12-16(18)13-20(27)22(31)28-8-10-29(11-9-28)23-25-21(26-34-23)14-15-4-2-3-5-19(15)30(32)33/h2-7,12-13H,8-11,14H2,1H3. The second-order valence-corrected chi connectivity index (χ2v) is 8.86. The normalized spacial score (nSPS) is 14.1. The van der Waals surface area contributed by atoms with E-state index in [0.717, 1.165) is 10.6 Å². The van der Waals surface area contributed by atoms with Gasteiger partial charge in [-0.1, -0.05) is 18.2 Å². The van der Waals surface area contributed by atoms with Crippen LogP contribution in [0.5, 0.6) is 0 Å². The number of carbonyl (C=O) groups excluding carboxylic acids is 1. The first-order chi connectivity index (χ1) is 16.4. The molecule has 2 aromatic carbocycles. The Morgan fingerprint density at radius 1 is 1.15 bits per heavy atom. The lowest BCUT2D eigenvalue weighted by Crippen LogP contribution is -2.49. The third-order valence-corrected chi connectivity index (χ3v) is 6.87. The van der Waals surface area contributed by atoms with Gasteiger partial charge in [-0.25, -0.2) is 9.37 Å². The number of nitrogens with zero attached hydrogens (tertiary/aromatic N) is 6. The predicted octanol–water partition coefficient (Wildman–Crippen LogP) is 3.63. The van der Waals surface area contributed by atoms with Gasteiger partial charge in [-0.2, -0.15) is 4.37 Å². The molecule has 0 unspecified atom stereocenters. The molecule has 5 rings (SSSR count). The van der Waals surface area contributed by atoms with Crippen molar-refractivity contribution in [2.24, 2.45) is 7.05 Å². The van der Waals surface area contributed by atoms with Crippen molar-refractivity contribution in [3.63, 3.8) is 0 Å². The maximum absolute atomic E-state index is 13.6. The van der Waals surface area contributed by atoms with E-state index in [0.29, 0.717) is 48.6 Å². The molecule has 1 fully saturated rings. The maximum atomic E-state index is 13.6.